The van der Waals surface area contributed by atoms with Crippen LogP contribution in [0.15, 0.2) is 65.8 Å². The molecule has 0 unspecified atom stereocenters. The zero-order valence-corrected chi connectivity index (χ0v) is 19.3. The van der Waals surface area contributed by atoms with Gasteiger partial charge in [-0.2, -0.15) is 0 Å². The van der Waals surface area contributed by atoms with Crippen LogP contribution in [0.4, 0.5) is 5.13 Å². The van der Waals surface area contributed by atoms with Crippen LogP contribution in [0.25, 0.3) is 10.2 Å². The second-order valence-corrected chi connectivity index (χ2v) is 9.23. The summed E-state index contributed by atoms with van der Waals surface area (Å²) in [5, 5.41) is 0.668. The van der Waals surface area contributed by atoms with Gasteiger partial charge in [0.1, 0.15) is 11.3 Å². The summed E-state index contributed by atoms with van der Waals surface area (Å²) in [7, 11) is 1.64. The number of thiazole rings is 1. The number of benzene rings is 2. The lowest BCUT2D eigenvalue weighted by molar-refractivity contribution is -0.116. The Morgan fingerprint density at radius 1 is 1.13 bits per heavy atom. The molecule has 0 atom stereocenters. The molecule has 31 heavy (non-hydrogen) atoms. The molecule has 0 radical (unpaired) electrons. The van der Waals surface area contributed by atoms with Crippen molar-refractivity contribution < 1.29 is 9.53 Å². The summed E-state index contributed by atoms with van der Waals surface area (Å²) >= 11 is 3.05. The van der Waals surface area contributed by atoms with E-state index in [2.05, 4.69) is 24.0 Å². The van der Waals surface area contributed by atoms with Crippen LogP contribution in [-0.4, -0.2) is 28.7 Å². The summed E-state index contributed by atoms with van der Waals surface area (Å²) in [6.07, 6.45) is 3.52. The lowest BCUT2D eigenvalue weighted by Crippen LogP contribution is -2.31. The van der Waals surface area contributed by atoms with Crippen molar-refractivity contribution in [1.82, 2.24) is 9.97 Å². The largest absolute Gasteiger partial charge is 0.494 e. The molecule has 0 aliphatic heterocycles. The zero-order valence-electron chi connectivity index (χ0n) is 17.7. The number of carbonyl (C=O) groups is 1. The zero-order chi connectivity index (χ0) is 21.8. The number of rotatable bonds is 7. The molecule has 2 aromatic heterocycles. The van der Waals surface area contributed by atoms with Gasteiger partial charge in [0.2, 0.25) is 5.91 Å². The number of amides is 1. The predicted octanol–water partition coefficient (Wildman–Crippen LogP) is 5.64. The Morgan fingerprint density at radius 2 is 1.94 bits per heavy atom. The first-order valence-corrected chi connectivity index (χ1v) is 11.7. The van der Waals surface area contributed by atoms with E-state index in [0.717, 1.165) is 26.2 Å². The quantitative estimate of drug-likeness (QED) is 0.342. The van der Waals surface area contributed by atoms with Crippen molar-refractivity contribution in [1.29, 1.82) is 0 Å². The van der Waals surface area contributed by atoms with E-state index < -0.39 is 0 Å². The van der Waals surface area contributed by atoms with Crippen molar-refractivity contribution in [3.8, 4) is 5.75 Å². The maximum Gasteiger partial charge on any atom is 0.239 e. The molecular weight excluding hydrogens is 426 g/mol. The highest BCUT2D eigenvalue weighted by Gasteiger charge is 2.22. The number of anilines is 1. The maximum atomic E-state index is 13.3. The molecule has 0 fully saturated rings. The first-order valence-electron chi connectivity index (χ1n) is 9.88. The molecule has 0 N–H and O–H groups in total. The number of thioether (sulfide) groups is 1. The monoisotopic (exact) mass is 449 g/mol. The number of pyridine rings is 1. The van der Waals surface area contributed by atoms with Gasteiger partial charge >= 0.3 is 0 Å². The van der Waals surface area contributed by atoms with E-state index in [1.165, 1.54) is 28.7 Å². The molecule has 1 amide bonds. The molecule has 2 aromatic carbocycles. The minimum atomic E-state index is 0.00473. The molecule has 4 aromatic rings. The highest BCUT2D eigenvalue weighted by molar-refractivity contribution is 8.00. The molecule has 2 heterocycles. The third kappa shape index (κ3) is 4.89. The summed E-state index contributed by atoms with van der Waals surface area (Å²) in [6.45, 7) is 4.52. The Bertz CT molecular complexity index is 1190. The number of carbonyl (C=O) groups excluding carboxylic acids is 1. The number of hydrogen-bond acceptors (Lipinski definition) is 6. The summed E-state index contributed by atoms with van der Waals surface area (Å²) < 4.78 is 6.53. The fourth-order valence-electron chi connectivity index (χ4n) is 3.17. The van der Waals surface area contributed by atoms with Gasteiger partial charge in [-0.1, -0.05) is 41.2 Å². The van der Waals surface area contributed by atoms with Gasteiger partial charge in [0, 0.05) is 17.3 Å². The molecule has 7 heteroatoms. The van der Waals surface area contributed by atoms with Crippen molar-refractivity contribution in [3.63, 3.8) is 0 Å². The van der Waals surface area contributed by atoms with E-state index in [4.69, 9.17) is 9.72 Å². The number of fused-ring (bicyclic) bond motifs is 1. The molecule has 0 aliphatic rings. The van der Waals surface area contributed by atoms with Crippen LogP contribution < -0.4 is 9.64 Å². The molecule has 0 saturated carbocycles. The third-order valence-electron chi connectivity index (χ3n) is 4.89. The van der Waals surface area contributed by atoms with Crippen molar-refractivity contribution >= 4 is 44.4 Å². The van der Waals surface area contributed by atoms with Crippen LogP contribution >= 0.6 is 23.1 Å². The van der Waals surface area contributed by atoms with Crippen LogP contribution in [0.1, 0.15) is 16.7 Å². The topological polar surface area (TPSA) is 55.3 Å². The van der Waals surface area contributed by atoms with Crippen LogP contribution in [0.5, 0.6) is 5.75 Å². The molecule has 0 aliphatic carbocycles. The van der Waals surface area contributed by atoms with Gasteiger partial charge in [-0.05, 0) is 49.2 Å². The van der Waals surface area contributed by atoms with Crippen LogP contribution in [-0.2, 0) is 11.3 Å². The van der Waals surface area contributed by atoms with Crippen molar-refractivity contribution in [2.75, 3.05) is 17.8 Å². The van der Waals surface area contributed by atoms with Crippen LogP contribution in [0.3, 0.4) is 0 Å². The van der Waals surface area contributed by atoms with Crippen LogP contribution in [0, 0.1) is 13.8 Å². The Morgan fingerprint density at radius 3 is 2.65 bits per heavy atom. The van der Waals surface area contributed by atoms with E-state index in [1.54, 1.807) is 24.4 Å². The average Bonchev–Trinajstić information content (AvgIpc) is 3.24. The van der Waals surface area contributed by atoms with Gasteiger partial charge in [0.05, 0.1) is 24.1 Å². The maximum absolute atomic E-state index is 13.3. The number of ether oxygens (including phenoxy) is 1. The van der Waals surface area contributed by atoms with Gasteiger partial charge in [-0.25, -0.2) is 4.98 Å². The highest BCUT2D eigenvalue weighted by atomic mass is 32.2. The van der Waals surface area contributed by atoms with Crippen molar-refractivity contribution in [2.45, 2.75) is 25.3 Å². The summed E-state index contributed by atoms with van der Waals surface area (Å²) in [6, 6.07) is 16.0. The normalized spacial score (nSPS) is 10.9. The SMILES string of the molecule is COc1ccc(C)c2sc(N(Cc3cccnc3)C(=O)CSc3ccc(C)cc3)nc12. The van der Waals surface area contributed by atoms with E-state index in [-0.39, 0.29) is 5.91 Å². The Balaban J connectivity index is 1.65. The number of aromatic nitrogens is 2. The van der Waals surface area contributed by atoms with Gasteiger partial charge in [-0.3, -0.25) is 14.7 Å². The van der Waals surface area contributed by atoms with Crippen molar-refractivity contribution in [2.24, 2.45) is 0 Å². The number of hydrogen-bond donors (Lipinski definition) is 0. The predicted molar refractivity (Wildman–Crippen MR) is 128 cm³/mol. The first-order chi connectivity index (χ1) is 15.0. The van der Waals surface area contributed by atoms with E-state index in [1.807, 2.05) is 43.3 Å². The molecule has 5 nitrogen and oxygen atoms in total. The van der Waals surface area contributed by atoms with Gasteiger partial charge in [0.25, 0.3) is 0 Å². The molecule has 158 valence electrons. The summed E-state index contributed by atoms with van der Waals surface area (Å²) in [5.74, 6) is 1.05. The minimum absolute atomic E-state index is 0.00473. The minimum Gasteiger partial charge on any atom is -0.494 e. The van der Waals surface area contributed by atoms with E-state index >= 15 is 0 Å². The van der Waals surface area contributed by atoms with Gasteiger partial charge in [-0.15, -0.1) is 11.8 Å². The van der Waals surface area contributed by atoms with Gasteiger partial charge in [0.15, 0.2) is 5.13 Å². The molecule has 0 bridgehead atoms. The van der Waals surface area contributed by atoms with E-state index in [0.29, 0.717) is 23.2 Å². The fraction of sp³-hybridized carbons (Fsp3) is 0.208. The number of nitrogens with zero attached hydrogens (tertiary/aromatic N) is 3. The Kier molecular flexibility index (Phi) is 6.53. The summed E-state index contributed by atoms with van der Waals surface area (Å²) in [5.41, 5.74) is 4.06. The lowest BCUT2D eigenvalue weighted by atomic mass is 10.2. The van der Waals surface area contributed by atoms with Crippen LogP contribution in [0.2, 0.25) is 0 Å². The number of methoxy groups -OCH3 is 1. The van der Waals surface area contributed by atoms with E-state index in [9.17, 15) is 4.79 Å². The number of aryl methyl sites for hydroxylation is 2. The average molecular weight is 450 g/mol. The van der Waals surface area contributed by atoms with Gasteiger partial charge < -0.3 is 4.74 Å². The smallest absolute Gasteiger partial charge is 0.239 e. The lowest BCUT2D eigenvalue weighted by Gasteiger charge is -2.19. The molecular formula is C24H23N3O2S2. The highest BCUT2D eigenvalue weighted by Crippen LogP contribution is 2.37. The molecule has 4 rings (SSSR count). The molecule has 0 spiro atoms. The second kappa shape index (κ2) is 9.49. The van der Waals surface area contributed by atoms with Crippen molar-refractivity contribution in [3.05, 3.63) is 77.6 Å². The molecule has 0 saturated heterocycles. The first kappa shape index (κ1) is 21.3. The third-order valence-corrected chi connectivity index (χ3v) is 7.10. The standard InChI is InChI=1S/C24H23N3O2S2/c1-16-6-9-19(10-7-16)30-15-21(28)27(14-18-5-4-12-25-13-18)24-26-22-20(29-3)11-8-17(2)23(22)31-24/h4-13H,14-15H2,1-3H3. The Hall–Kier alpha value is -2.90. The fourth-order valence-corrected chi connectivity index (χ4v) is 5.02. The second-order valence-electron chi connectivity index (χ2n) is 7.20. The summed E-state index contributed by atoms with van der Waals surface area (Å²) in [4.78, 5) is 25.1. The Labute approximate surface area is 190 Å².